The van der Waals surface area contributed by atoms with Crippen molar-refractivity contribution >= 4 is 92.7 Å². The number of furan rings is 1. The maximum atomic E-state index is 6.55. The van der Waals surface area contributed by atoms with Gasteiger partial charge in [0.2, 0.25) is 5.95 Å². The Kier molecular flexibility index (Phi) is 4.66. The summed E-state index contributed by atoms with van der Waals surface area (Å²) in [5.74, 6) is 0.635. The quantitative estimate of drug-likeness (QED) is 0.192. The maximum absolute atomic E-state index is 6.55. The van der Waals surface area contributed by atoms with Crippen LogP contribution in [0.5, 0.6) is 0 Å². The van der Waals surface area contributed by atoms with Gasteiger partial charge in [0.15, 0.2) is 0 Å². The van der Waals surface area contributed by atoms with Crippen molar-refractivity contribution in [3.8, 4) is 17.2 Å². The lowest BCUT2D eigenvalue weighted by molar-refractivity contribution is 0.670. The van der Waals surface area contributed by atoms with Crippen LogP contribution >= 0.6 is 0 Å². The molecule has 12 rings (SSSR count). The molecule has 226 valence electrons. The Balaban J connectivity index is 1.28. The largest absolute Gasteiger partial charge is 0.455 e. The number of hydrogen-bond acceptors (Lipinski definition) is 3. The third-order valence-corrected chi connectivity index (χ3v) is 10.5. The SMILES string of the molecule is c1ccc2c(-c3cccc4c3oc3ccccc34)nc(-n3c4ccccc4c4cc5c6ccccc6n6c7ccccc7c(c43)c56)nc2c1. The zero-order valence-electron chi connectivity index (χ0n) is 26.1. The lowest BCUT2D eigenvalue weighted by Gasteiger charge is -2.12. The van der Waals surface area contributed by atoms with E-state index in [9.17, 15) is 0 Å². The van der Waals surface area contributed by atoms with Crippen molar-refractivity contribution in [2.24, 2.45) is 0 Å². The third-order valence-electron chi connectivity index (χ3n) is 10.5. The van der Waals surface area contributed by atoms with Gasteiger partial charge < -0.3 is 8.82 Å². The monoisotopic (exact) mass is 624 g/mol. The summed E-state index contributed by atoms with van der Waals surface area (Å²) in [4.78, 5) is 10.8. The molecule has 0 aliphatic carbocycles. The number of rotatable bonds is 2. The van der Waals surface area contributed by atoms with Gasteiger partial charge in [-0.15, -0.1) is 0 Å². The second-order valence-corrected chi connectivity index (χ2v) is 12.9. The smallest absolute Gasteiger partial charge is 0.235 e. The fraction of sp³-hybridized carbons (Fsp3) is 0. The topological polar surface area (TPSA) is 48.3 Å². The molecule has 0 spiro atoms. The molecular formula is C44H24N4O. The summed E-state index contributed by atoms with van der Waals surface area (Å²) in [5.41, 5.74) is 10.2. The van der Waals surface area contributed by atoms with Crippen LogP contribution in [0.2, 0.25) is 0 Å². The van der Waals surface area contributed by atoms with Crippen LogP contribution in [0.25, 0.3) is 110 Å². The minimum absolute atomic E-state index is 0.635. The fourth-order valence-corrected chi connectivity index (χ4v) is 8.47. The van der Waals surface area contributed by atoms with Gasteiger partial charge in [-0.25, -0.2) is 9.97 Å². The molecule has 0 amide bonds. The predicted molar refractivity (Wildman–Crippen MR) is 201 cm³/mol. The summed E-state index contributed by atoms with van der Waals surface area (Å²) < 4.78 is 11.3. The number of benzene rings is 7. The summed E-state index contributed by atoms with van der Waals surface area (Å²) >= 11 is 0. The van der Waals surface area contributed by atoms with Crippen molar-refractivity contribution in [3.05, 3.63) is 146 Å². The lowest BCUT2D eigenvalue weighted by atomic mass is 10.0. The second kappa shape index (κ2) is 9.00. The van der Waals surface area contributed by atoms with Gasteiger partial charge in [-0.2, -0.15) is 0 Å². The van der Waals surface area contributed by atoms with Gasteiger partial charge in [0.1, 0.15) is 11.2 Å². The van der Waals surface area contributed by atoms with Gasteiger partial charge in [-0.05, 0) is 42.5 Å². The van der Waals surface area contributed by atoms with E-state index in [4.69, 9.17) is 14.4 Å². The zero-order valence-corrected chi connectivity index (χ0v) is 26.1. The molecule has 5 heterocycles. The Hall–Kier alpha value is -6.72. The van der Waals surface area contributed by atoms with Crippen molar-refractivity contribution in [2.75, 3.05) is 0 Å². The molecule has 0 bridgehead atoms. The van der Waals surface area contributed by atoms with E-state index in [0.717, 1.165) is 55.1 Å². The van der Waals surface area contributed by atoms with Gasteiger partial charge in [0.05, 0.1) is 38.8 Å². The van der Waals surface area contributed by atoms with E-state index in [2.05, 4.69) is 136 Å². The van der Waals surface area contributed by atoms with E-state index < -0.39 is 0 Å². The molecule has 49 heavy (non-hydrogen) atoms. The van der Waals surface area contributed by atoms with E-state index in [1.54, 1.807) is 0 Å². The molecule has 0 fully saturated rings. The molecule has 0 saturated heterocycles. The maximum Gasteiger partial charge on any atom is 0.235 e. The summed E-state index contributed by atoms with van der Waals surface area (Å²) in [5, 5.41) is 10.5. The Morgan fingerprint density at radius 3 is 1.90 bits per heavy atom. The standard InChI is InChI=1S/C44H24N4O/c1-6-19-34-29(15-1)40(31-18-11-17-28-27-14-5-10-23-38(27)49-43(28)31)46-44(45-34)48-36-21-8-3-13-26(36)33-24-32-25-12-2-7-20-35(25)47-37-22-9-4-16-30(37)39(41(32)47)42(33)48/h1-24H. The minimum Gasteiger partial charge on any atom is -0.455 e. The van der Waals surface area contributed by atoms with Crippen LogP contribution < -0.4 is 0 Å². The molecule has 0 aliphatic rings. The Morgan fingerprint density at radius 2 is 1.06 bits per heavy atom. The van der Waals surface area contributed by atoms with Crippen molar-refractivity contribution in [3.63, 3.8) is 0 Å². The van der Waals surface area contributed by atoms with Gasteiger partial charge >= 0.3 is 0 Å². The molecule has 0 atom stereocenters. The van der Waals surface area contributed by atoms with Crippen LogP contribution in [-0.2, 0) is 0 Å². The number of para-hydroxylation sites is 6. The van der Waals surface area contributed by atoms with E-state index in [1.807, 2.05) is 18.2 Å². The van der Waals surface area contributed by atoms with Crippen LogP contribution in [-0.4, -0.2) is 18.9 Å². The highest BCUT2D eigenvalue weighted by molar-refractivity contribution is 6.34. The van der Waals surface area contributed by atoms with Gasteiger partial charge in [-0.1, -0.05) is 103 Å². The van der Waals surface area contributed by atoms with E-state index in [0.29, 0.717) is 5.95 Å². The van der Waals surface area contributed by atoms with E-state index in [1.165, 1.54) is 48.9 Å². The van der Waals surface area contributed by atoms with Crippen LogP contribution in [0.4, 0.5) is 0 Å². The molecular weight excluding hydrogens is 601 g/mol. The van der Waals surface area contributed by atoms with Gasteiger partial charge in [0, 0.05) is 54.0 Å². The van der Waals surface area contributed by atoms with Crippen molar-refractivity contribution in [1.82, 2.24) is 18.9 Å². The first-order valence-electron chi connectivity index (χ1n) is 16.6. The summed E-state index contributed by atoms with van der Waals surface area (Å²) in [6.45, 7) is 0. The normalized spacial score (nSPS) is 12.5. The first-order valence-corrected chi connectivity index (χ1v) is 16.6. The van der Waals surface area contributed by atoms with Crippen molar-refractivity contribution in [2.45, 2.75) is 0 Å². The molecule has 7 aromatic carbocycles. The van der Waals surface area contributed by atoms with Gasteiger partial charge in [0.25, 0.3) is 0 Å². The molecule has 12 aromatic rings. The number of aromatic nitrogens is 4. The van der Waals surface area contributed by atoms with Crippen LogP contribution in [0, 0.1) is 0 Å². The highest BCUT2D eigenvalue weighted by atomic mass is 16.3. The fourth-order valence-electron chi connectivity index (χ4n) is 8.47. The first-order chi connectivity index (χ1) is 24.3. The first kappa shape index (κ1) is 25.4. The molecule has 5 nitrogen and oxygen atoms in total. The average Bonchev–Trinajstić information content (AvgIpc) is 3.89. The molecule has 0 saturated carbocycles. The predicted octanol–water partition coefficient (Wildman–Crippen LogP) is 11.4. The Morgan fingerprint density at radius 1 is 0.449 bits per heavy atom. The highest BCUT2D eigenvalue weighted by Crippen LogP contribution is 2.46. The van der Waals surface area contributed by atoms with E-state index in [-0.39, 0.29) is 0 Å². The van der Waals surface area contributed by atoms with Gasteiger partial charge in [-0.3, -0.25) is 4.57 Å². The Bertz CT molecular complexity index is 3340. The lowest BCUT2D eigenvalue weighted by Crippen LogP contribution is -2.03. The van der Waals surface area contributed by atoms with Crippen molar-refractivity contribution in [1.29, 1.82) is 0 Å². The van der Waals surface area contributed by atoms with Crippen LogP contribution in [0.3, 0.4) is 0 Å². The Labute approximate surface area is 278 Å². The third kappa shape index (κ3) is 3.15. The molecule has 0 N–H and O–H groups in total. The van der Waals surface area contributed by atoms with E-state index >= 15 is 0 Å². The van der Waals surface area contributed by atoms with Crippen LogP contribution in [0.1, 0.15) is 0 Å². The number of fused-ring (bicyclic) bond motifs is 14. The van der Waals surface area contributed by atoms with Crippen LogP contribution in [0.15, 0.2) is 150 Å². The molecule has 0 aliphatic heterocycles. The minimum atomic E-state index is 0.635. The number of hydrogen-bond donors (Lipinski definition) is 0. The highest BCUT2D eigenvalue weighted by Gasteiger charge is 2.26. The number of nitrogens with zero attached hydrogens (tertiary/aromatic N) is 4. The van der Waals surface area contributed by atoms with Crippen molar-refractivity contribution < 1.29 is 4.42 Å². The zero-order chi connectivity index (χ0) is 31.8. The molecule has 0 unspecified atom stereocenters. The summed E-state index contributed by atoms with van der Waals surface area (Å²) in [7, 11) is 0. The summed E-state index contributed by atoms with van der Waals surface area (Å²) in [6, 6.07) is 51.4. The molecule has 5 aromatic heterocycles. The summed E-state index contributed by atoms with van der Waals surface area (Å²) in [6.07, 6.45) is 0. The molecule has 0 radical (unpaired) electrons. The second-order valence-electron chi connectivity index (χ2n) is 12.9. The molecule has 5 heteroatoms. The average molecular weight is 625 g/mol.